The SMILES string of the molecule is CCN(Cc1ccc(C(=O)N(C)C)cc1)C(=O)C[C@H](C)c1ccc(C(C)C)cc1. The first-order valence-electron chi connectivity index (χ1n) is 10.4. The van der Waals surface area contributed by atoms with Crippen molar-refractivity contribution in [1.82, 2.24) is 9.80 Å². The summed E-state index contributed by atoms with van der Waals surface area (Å²) in [6.07, 6.45) is 0.492. The van der Waals surface area contributed by atoms with Crippen LogP contribution in [0.3, 0.4) is 0 Å². The lowest BCUT2D eigenvalue weighted by Crippen LogP contribution is -2.31. The summed E-state index contributed by atoms with van der Waals surface area (Å²) in [5, 5.41) is 0. The second kappa shape index (κ2) is 10.2. The topological polar surface area (TPSA) is 40.6 Å². The molecule has 0 fully saturated rings. The summed E-state index contributed by atoms with van der Waals surface area (Å²) in [6, 6.07) is 16.1. The molecule has 29 heavy (non-hydrogen) atoms. The summed E-state index contributed by atoms with van der Waals surface area (Å²) < 4.78 is 0. The summed E-state index contributed by atoms with van der Waals surface area (Å²) in [6.45, 7) is 9.71. The van der Waals surface area contributed by atoms with Crippen molar-refractivity contribution >= 4 is 11.8 Å². The van der Waals surface area contributed by atoms with Crippen molar-refractivity contribution in [3.63, 3.8) is 0 Å². The molecule has 1 atom stereocenters. The van der Waals surface area contributed by atoms with Crippen molar-refractivity contribution in [2.75, 3.05) is 20.6 Å². The first-order valence-corrected chi connectivity index (χ1v) is 10.4. The van der Waals surface area contributed by atoms with Gasteiger partial charge < -0.3 is 9.80 Å². The Bertz CT molecular complexity index is 808. The van der Waals surface area contributed by atoms with Crippen LogP contribution in [0.5, 0.6) is 0 Å². The standard InChI is InChI=1S/C25H34N2O2/c1-7-27(17-20-8-10-23(11-9-20)25(29)26(5)6)24(28)16-19(4)22-14-12-21(13-15-22)18(2)3/h8-15,18-19H,7,16-17H2,1-6H3/t19-/m0/s1. The summed E-state index contributed by atoms with van der Waals surface area (Å²) in [5.41, 5.74) is 4.21. The molecule has 2 amide bonds. The van der Waals surface area contributed by atoms with Gasteiger partial charge in [-0.15, -0.1) is 0 Å². The number of amides is 2. The van der Waals surface area contributed by atoms with Crippen molar-refractivity contribution in [2.24, 2.45) is 0 Å². The second-order valence-corrected chi connectivity index (χ2v) is 8.23. The number of carbonyl (C=O) groups is 2. The molecule has 0 spiro atoms. The van der Waals surface area contributed by atoms with Gasteiger partial charge in [0, 0.05) is 39.2 Å². The number of hydrogen-bond acceptors (Lipinski definition) is 2. The summed E-state index contributed by atoms with van der Waals surface area (Å²) in [5.74, 6) is 0.826. The fourth-order valence-electron chi connectivity index (χ4n) is 3.33. The predicted octanol–water partition coefficient (Wildman–Crippen LogP) is 5.05. The Morgan fingerprint density at radius 2 is 1.41 bits per heavy atom. The molecule has 0 aliphatic rings. The van der Waals surface area contributed by atoms with Crippen molar-refractivity contribution in [3.8, 4) is 0 Å². The van der Waals surface area contributed by atoms with E-state index in [1.807, 2.05) is 36.1 Å². The van der Waals surface area contributed by atoms with E-state index in [2.05, 4.69) is 45.0 Å². The molecule has 2 rings (SSSR count). The van der Waals surface area contributed by atoms with E-state index < -0.39 is 0 Å². The molecule has 0 aromatic heterocycles. The highest BCUT2D eigenvalue weighted by Crippen LogP contribution is 2.23. The van der Waals surface area contributed by atoms with Crippen molar-refractivity contribution in [1.29, 1.82) is 0 Å². The van der Waals surface area contributed by atoms with Crippen molar-refractivity contribution < 1.29 is 9.59 Å². The number of hydrogen-bond donors (Lipinski definition) is 0. The molecule has 0 aliphatic heterocycles. The van der Waals surface area contributed by atoms with Gasteiger partial charge in [-0.05, 0) is 47.6 Å². The maximum atomic E-state index is 12.9. The van der Waals surface area contributed by atoms with E-state index in [9.17, 15) is 9.59 Å². The quantitative estimate of drug-likeness (QED) is 0.628. The summed E-state index contributed by atoms with van der Waals surface area (Å²) in [4.78, 5) is 28.3. The van der Waals surface area contributed by atoms with Crippen molar-refractivity contribution in [2.45, 2.75) is 52.5 Å². The molecule has 2 aromatic rings. The Balaban J connectivity index is 2.00. The van der Waals surface area contributed by atoms with Gasteiger partial charge in [0.15, 0.2) is 0 Å². The van der Waals surface area contributed by atoms with Gasteiger partial charge in [0.2, 0.25) is 5.91 Å². The van der Waals surface area contributed by atoms with E-state index in [4.69, 9.17) is 0 Å². The molecule has 0 N–H and O–H groups in total. The highest BCUT2D eigenvalue weighted by molar-refractivity contribution is 5.93. The Morgan fingerprint density at radius 3 is 1.90 bits per heavy atom. The Hall–Kier alpha value is -2.62. The summed E-state index contributed by atoms with van der Waals surface area (Å²) >= 11 is 0. The third-order valence-corrected chi connectivity index (χ3v) is 5.37. The smallest absolute Gasteiger partial charge is 0.253 e. The lowest BCUT2D eigenvalue weighted by Gasteiger charge is -2.23. The number of rotatable bonds is 8. The molecule has 0 radical (unpaired) electrons. The number of carbonyl (C=O) groups excluding carboxylic acids is 2. The lowest BCUT2D eigenvalue weighted by atomic mass is 9.94. The Kier molecular flexibility index (Phi) is 8.00. The van der Waals surface area contributed by atoms with Crippen LogP contribution in [-0.4, -0.2) is 42.3 Å². The maximum Gasteiger partial charge on any atom is 0.253 e. The van der Waals surface area contributed by atoms with Gasteiger partial charge >= 0.3 is 0 Å². The molecule has 2 aromatic carbocycles. The Morgan fingerprint density at radius 1 is 0.862 bits per heavy atom. The largest absolute Gasteiger partial charge is 0.345 e. The zero-order valence-corrected chi connectivity index (χ0v) is 18.6. The molecule has 4 nitrogen and oxygen atoms in total. The first-order chi connectivity index (χ1) is 13.7. The van der Waals surface area contributed by atoms with Crippen LogP contribution in [0.2, 0.25) is 0 Å². The molecule has 4 heteroatoms. The zero-order chi connectivity index (χ0) is 21.6. The van der Waals surface area contributed by atoms with E-state index in [1.165, 1.54) is 11.1 Å². The zero-order valence-electron chi connectivity index (χ0n) is 18.6. The average Bonchev–Trinajstić information content (AvgIpc) is 2.71. The van der Waals surface area contributed by atoms with E-state index in [0.717, 1.165) is 5.56 Å². The Labute approximate surface area is 175 Å². The molecular formula is C25H34N2O2. The van der Waals surface area contributed by atoms with Crippen LogP contribution in [0.25, 0.3) is 0 Å². The first kappa shape index (κ1) is 22.7. The fourth-order valence-corrected chi connectivity index (χ4v) is 3.33. The van der Waals surface area contributed by atoms with Crippen LogP contribution in [-0.2, 0) is 11.3 Å². The number of nitrogens with zero attached hydrogens (tertiary/aromatic N) is 2. The van der Waals surface area contributed by atoms with E-state index in [-0.39, 0.29) is 17.7 Å². The summed E-state index contributed by atoms with van der Waals surface area (Å²) in [7, 11) is 3.48. The van der Waals surface area contributed by atoms with E-state index in [0.29, 0.717) is 31.0 Å². The highest BCUT2D eigenvalue weighted by atomic mass is 16.2. The van der Waals surface area contributed by atoms with Crippen LogP contribution in [0.4, 0.5) is 0 Å². The van der Waals surface area contributed by atoms with Crippen LogP contribution in [0.15, 0.2) is 48.5 Å². The molecule has 0 heterocycles. The predicted molar refractivity (Wildman–Crippen MR) is 119 cm³/mol. The van der Waals surface area contributed by atoms with E-state index in [1.54, 1.807) is 19.0 Å². The third kappa shape index (κ3) is 6.18. The van der Waals surface area contributed by atoms with Gasteiger partial charge in [0.1, 0.15) is 0 Å². The molecule has 0 aliphatic carbocycles. The fraction of sp³-hybridized carbons (Fsp3) is 0.440. The third-order valence-electron chi connectivity index (χ3n) is 5.37. The van der Waals surface area contributed by atoms with Gasteiger partial charge in [-0.25, -0.2) is 0 Å². The molecule has 156 valence electrons. The average molecular weight is 395 g/mol. The van der Waals surface area contributed by atoms with Gasteiger partial charge in [0.05, 0.1) is 0 Å². The minimum absolute atomic E-state index is 0.0164. The lowest BCUT2D eigenvalue weighted by molar-refractivity contribution is -0.131. The highest BCUT2D eigenvalue weighted by Gasteiger charge is 2.17. The second-order valence-electron chi connectivity index (χ2n) is 8.23. The van der Waals surface area contributed by atoms with Crippen molar-refractivity contribution in [3.05, 3.63) is 70.8 Å². The van der Waals surface area contributed by atoms with Crippen LogP contribution >= 0.6 is 0 Å². The normalized spacial score (nSPS) is 12.0. The molecule has 0 bridgehead atoms. The molecular weight excluding hydrogens is 360 g/mol. The molecule has 0 unspecified atom stereocenters. The van der Waals surface area contributed by atoms with E-state index >= 15 is 0 Å². The van der Waals surface area contributed by atoms with Gasteiger partial charge in [-0.2, -0.15) is 0 Å². The van der Waals surface area contributed by atoms with Crippen LogP contribution in [0.1, 0.15) is 73.0 Å². The molecule has 0 saturated heterocycles. The van der Waals surface area contributed by atoms with Gasteiger partial charge in [-0.1, -0.05) is 57.2 Å². The molecule has 0 saturated carbocycles. The van der Waals surface area contributed by atoms with Gasteiger partial charge in [0.25, 0.3) is 5.91 Å². The minimum Gasteiger partial charge on any atom is -0.345 e. The monoisotopic (exact) mass is 394 g/mol. The maximum absolute atomic E-state index is 12.9. The minimum atomic E-state index is -0.0164. The van der Waals surface area contributed by atoms with Crippen LogP contribution < -0.4 is 0 Å². The van der Waals surface area contributed by atoms with Gasteiger partial charge in [-0.3, -0.25) is 9.59 Å². The number of benzene rings is 2. The van der Waals surface area contributed by atoms with Crippen LogP contribution in [0, 0.1) is 0 Å².